The molecule has 2 N–H and O–H groups in total. The van der Waals surface area contributed by atoms with Crippen LogP contribution >= 0.6 is 0 Å². The van der Waals surface area contributed by atoms with Crippen LogP contribution in [0.3, 0.4) is 0 Å². The SMILES string of the molecule is C=CC(=O)N1CCC(N(C)c2nc(-c3n[nH]c(=O)[nH]3)cc3ccccc23)C1. The maximum Gasteiger partial charge on any atom is 0.340 e. The first-order chi connectivity index (χ1) is 13.1. The average Bonchev–Trinajstić information content (AvgIpc) is 3.35. The van der Waals surface area contributed by atoms with Gasteiger partial charge in [-0.25, -0.2) is 14.9 Å². The molecule has 1 aromatic carbocycles. The normalized spacial score (nSPS) is 16.6. The van der Waals surface area contributed by atoms with Crippen molar-refractivity contribution in [3.63, 3.8) is 0 Å². The molecule has 2 aromatic heterocycles. The van der Waals surface area contributed by atoms with Gasteiger partial charge in [0.1, 0.15) is 11.5 Å². The summed E-state index contributed by atoms with van der Waals surface area (Å²) in [5.41, 5.74) is 0.218. The van der Waals surface area contributed by atoms with Gasteiger partial charge in [0.2, 0.25) is 5.91 Å². The predicted octanol–water partition coefficient (Wildman–Crippen LogP) is 1.54. The van der Waals surface area contributed by atoms with Crippen molar-refractivity contribution in [2.24, 2.45) is 0 Å². The van der Waals surface area contributed by atoms with E-state index < -0.39 is 0 Å². The highest BCUT2D eigenvalue weighted by Gasteiger charge is 2.29. The Hall–Kier alpha value is -3.42. The Bertz CT molecular complexity index is 1070. The first kappa shape index (κ1) is 17.0. The molecule has 0 radical (unpaired) electrons. The molecule has 8 heteroatoms. The van der Waals surface area contributed by atoms with Crippen LogP contribution in [0.5, 0.6) is 0 Å². The van der Waals surface area contributed by atoms with E-state index in [9.17, 15) is 9.59 Å². The number of carbonyl (C=O) groups excluding carboxylic acids is 1. The number of pyridine rings is 1. The Kier molecular flexibility index (Phi) is 4.23. The number of benzene rings is 1. The number of nitrogens with one attached hydrogen (secondary N) is 2. The number of likely N-dealkylation sites (N-methyl/N-ethyl adjacent to an activating group) is 1. The largest absolute Gasteiger partial charge is 0.354 e. The molecule has 1 aliphatic rings. The van der Waals surface area contributed by atoms with Crippen LogP contribution in [0.25, 0.3) is 22.3 Å². The number of anilines is 1. The maximum absolute atomic E-state index is 11.9. The van der Waals surface area contributed by atoms with Gasteiger partial charge in [-0.2, -0.15) is 5.10 Å². The topological polar surface area (TPSA) is 98.0 Å². The molecule has 1 atom stereocenters. The number of amides is 1. The van der Waals surface area contributed by atoms with E-state index >= 15 is 0 Å². The molecule has 8 nitrogen and oxygen atoms in total. The fraction of sp³-hybridized carbons (Fsp3) is 0.263. The Labute approximate surface area is 155 Å². The minimum absolute atomic E-state index is 0.0495. The van der Waals surface area contributed by atoms with Crippen molar-refractivity contribution in [1.82, 2.24) is 25.1 Å². The summed E-state index contributed by atoms with van der Waals surface area (Å²) < 4.78 is 0. The molecule has 1 saturated heterocycles. The van der Waals surface area contributed by atoms with Gasteiger partial charge < -0.3 is 9.80 Å². The third-order valence-electron chi connectivity index (χ3n) is 5.00. The Morgan fingerprint density at radius 2 is 2.22 bits per heavy atom. The van der Waals surface area contributed by atoms with Crippen molar-refractivity contribution in [3.8, 4) is 11.5 Å². The lowest BCUT2D eigenvalue weighted by atomic mass is 10.1. The summed E-state index contributed by atoms with van der Waals surface area (Å²) in [5, 5.41) is 8.39. The minimum Gasteiger partial charge on any atom is -0.354 e. The van der Waals surface area contributed by atoms with Gasteiger partial charge >= 0.3 is 5.69 Å². The van der Waals surface area contributed by atoms with E-state index in [1.54, 1.807) is 4.90 Å². The zero-order valence-electron chi connectivity index (χ0n) is 15.0. The lowest BCUT2D eigenvalue weighted by Crippen LogP contribution is -2.36. The third-order valence-corrected chi connectivity index (χ3v) is 5.00. The second-order valence-electron chi connectivity index (χ2n) is 6.62. The molecule has 0 spiro atoms. The van der Waals surface area contributed by atoms with Crippen molar-refractivity contribution in [2.45, 2.75) is 12.5 Å². The highest BCUT2D eigenvalue weighted by molar-refractivity contribution is 5.94. The lowest BCUT2D eigenvalue weighted by molar-refractivity contribution is -0.125. The van der Waals surface area contributed by atoms with Crippen molar-refractivity contribution in [2.75, 3.05) is 25.0 Å². The number of nitrogens with zero attached hydrogens (tertiary/aromatic N) is 4. The van der Waals surface area contributed by atoms with Crippen molar-refractivity contribution in [3.05, 3.63) is 53.5 Å². The average molecular weight is 364 g/mol. The summed E-state index contributed by atoms with van der Waals surface area (Å²) in [7, 11) is 1.98. The molecule has 1 aliphatic heterocycles. The molecular weight excluding hydrogens is 344 g/mol. The van der Waals surface area contributed by atoms with Crippen molar-refractivity contribution < 1.29 is 4.79 Å². The fourth-order valence-corrected chi connectivity index (χ4v) is 3.52. The lowest BCUT2D eigenvalue weighted by Gasteiger charge is -2.27. The molecule has 138 valence electrons. The molecule has 1 fully saturated rings. The summed E-state index contributed by atoms with van der Waals surface area (Å²) in [6, 6.07) is 10.0. The van der Waals surface area contributed by atoms with Gasteiger partial charge in [0.05, 0.1) is 0 Å². The Morgan fingerprint density at radius 1 is 1.41 bits per heavy atom. The first-order valence-electron chi connectivity index (χ1n) is 8.76. The molecular formula is C19H20N6O2. The second kappa shape index (κ2) is 6.71. The number of fused-ring (bicyclic) bond motifs is 1. The van der Waals surface area contributed by atoms with Crippen LogP contribution in [-0.2, 0) is 4.79 Å². The first-order valence-corrected chi connectivity index (χ1v) is 8.76. The summed E-state index contributed by atoms with van der Waals surface area (Å²) >= 11 is 0. The monoisotopic (exact) mass is 364 g/mol. The van der Waals surface area contributed by atoms with Gasteiger partial charge in [-0.15, -0.1) is 0 Å². The highest BCUT2D eigenvalue weighted by atomic mass is 16.2. The minimum atomic E-state index is -0.371. The van der Waals surface area contributed by atoms with Gasteiger partial charge in [0.15, 0.2) is 5.82 Å². The number of rotatable bonds is 4. The van der Waals surface area contributed by atoms with Gasteiger partial charge in [0, 0.05) is 31.6 Å². The van der Waals surface area contributed by atoms with E-state index in [1.165, 1.54) is 6.08 Å². The summed E-state index contributed by atoms with van der Waals surface area (Å²) in [6.07, 6.45) is 2.21. The van der Waals surface area contributed by atoms with E-state index in [4.69, 9.17) is 4.98 Å². The van der Waals surface area contributed by atoms with Crippen molar-refractivity contribution in [1.29, 1.82) is 0 Å². The zero-order valence-corrected chi connectivity index (χ0v) is 15.0. The molecule has 4 rings (SSSR count). The standard InChI is InChI=1S/C19H20N6O2/c1-3-16(26)25-9-8-13(11-25)24(2)18-14-7-5-4-6-12(14)10-15(20-18)17-21-19(27)23-22-17/h3-7,10,13H,1,8-9,11H2,2H3,(H2,21,22,23,27). The highest BCUT2D eigenvalue weighted by Crippen LogP contribution is 2.30. The van der Waals surface area contributed by atoms with Crippen LogP contribution in [0.1, 0.15) is 6.42 Å². The molecule has 3 heterocycles. The molecule has 27 heavy (non-hydrogen) atoms. The van der Waals surface area contributed by atoms with Crippen LogP contribution in [0.15, 0.2) is 47.8 Å². The van der Waals surface area contributed by atoms with E-state index in [-0.39, 0.29) is 17.6 Å². The Balaban J connectivity index is 1.75. The quantitative estimate of drug-likeness (QED) is 0.684. The summed E-state index contributed by atoms with van der Waals surface area (Å²) in [4.78, 5) is 34.7. The molecule has 1 amide bonds. The maximum atomic E-state index is 11.9. The second-order valence-corrected chi connectivity index (χ2v) is 6.62. The van der Waals surface area contributed by atoms with Crippen LogP contribution in [-0.4, -0.2) is 57.2 Å². The Morgan fingerprint density at radius 3 is 2.96 bits per heavy atom. The van der Waals surface area contributed by atoms with Gasteiger partial charge in [-0.05, 0) is 23.9 Å². The number of hydrogen-bond acceptors (Lipinski definition) is 5. The molecule has 0 bridgehead atoms. The van der Waals surface area contributed by atoms with Crippen LogP contribution in [0.4, 0.5) is 5.82 Å². The van der Waals surface area contributed by atoms with E-state index in [0.717, 1.165) is 23.0 Å². The van der Waals surface area contributed by atoms with Gasteiger partial charge in [-0.1, -0.05) is 30.8 Å². The van der Waals surface area contributed by atoms with Crippen LogP contribution in [0.2, 0.25) is 0 Å². The molecule has 1 unspecified atom stereocenters. The molecule has 3 aromatic rings. The van der Waals surface area contributed by atoms with Gasteiger partial charge in [0.25, 0.3) is 0 Å². The zero-order chi connectivity index (χ0) is 19.0. The summed E-state index contributed by atoms with van der Waals surface area (Å²) in [6.45, 7) is 4.89. The number of carbonyl (C=O) groups is 1. The summed E-state index contributed by atoms with van der Waals surface area (Å²) in [5.74, 6) is 1.15. The van der Waals surface area contributed by atoms with Crippen molar-refractivity contribution >= 4 is 22.5 Å². The fourth-order valence-electron chi connectivity index (χ4n) is 3.52. The van der Waals surface area contributed by atoms with E-state index in [1.807, 2.05) is 37.4 Å². The predicted molar refractivity (Wildman–Crippen MR) is 104 cm³/mol. The number of hydrogen-bond donors (Lipinski definition) is 2. The number of H-pyrrole nitrogens is 2. The van der Waals surface area contributed by atoms with E-state index in [2.05, 4.69) is 26.7 Å². The smallest absolute Gasteiger partial charge is 0.340 e. The van der Waals surface area contributed by atoms with Crippen LogP contribution in [0, 0.1) is 0 Å². The number of aromatic nitrogens is 4. The molecule has 0 saturated carbocycles. The third kappa shape index (κ3) is 3.10. The molecule has 0 aliphatic carbocycles. The number of likely N-dealkylation sites (tertiary alicyclic amines) is 1. The van der Waals surface area contributed by atoms with Gasteiger partial charge in [-0.3, -0.25) is 9.78 Å². The number of aromatic amines is 2. The van der Waals surface area contributed by atoms with Crippen LogP contribution < -0.4 is 10.6 Å². The van der Waals surface area contributed by atoms with E-state index in [0.29, 0.717) is 24.6 Å².